The van der Waals surface area contributed by atoms with E-state index in [2.05, 4.69) is 33.3 Å². The fraction of sp³-hybridized carbons (Fsp3) is 0.741. The molecule has 1 amide bonds. The summed E-state index contributed by atoms with van der Waals surface area (Å²) in [5.74, 6) is -3.14. The highest BCUT2D eigenvalue weighted by molar-refractivity contribution is 6.62. The van der Waals surface area contributed by atoms with Crippen molar-refractivity contribution >= 4 is 24.2 Å². The van der Waals surface area contributed by atoms with Gasteiger partial charge in [0.2, 0.25) is 5.91 Å². The van der Waals surface area contributed by atoms with E-state index in [1.807, 2.05) is 27.7 Å². The first kappa shape index (κ1) is 23.6. The van der Waals surface area contributed by atoms with Crippen molar-refractivity contribution in [1.82, 2.24) is 10.2 Å². The lowest BCUT2D eigenvalue weighted by Crippen LogP contribution is -2.57. The minimum atomic E-state index is -2.45. The van der Waals surface area contributed by atoms with Gasteiger partial charge in [-0.2, -0.15) is 0 Å². The van der Waals surface area contributed by atoms with Gasteiger partial charge in [0.1, 0.15) is 0 Å². The Morgan fingerprint density at radius 2 is 1.58 bits per heavy atom. The normalized spacial score (nSPS) is 37.2. The molecule has 0 aromatic heterocycles. The molecule has 36 heavy (non-hydrogen) atoms. The molecule has 1 N–H and O–H groups in total. The fourth-order valence-corrected chi connectivity index (χ4v) is 7.34. The zero-order valence-electron chi connectivity index (χ0n) is 21.7. The zero-order valence-corrected chi connectivity index (χ0v) is 21.7. The molecule has 2 unspecified atom stereocenters. The second kappa shape index (κ2) is 7.30. The van der Waals surface area contributed by atoms with Crippen LogP contribution in [0.4, 0.5) is 14.5 Å². The molecule has 9 heteroatoms. The third-order valence-electron chi connectivity index (χ3n) is 10.6. The van der Waals surface area contributed by atoms with Gasteiger partial charge in [-0.25, -0.2) is 8.78 Å². The maximum Gasteiger partial charge on any atom is 0.494 e. The molecule has 2 saturated carbocycles. The van der Waals surface area contributed by atoms with E-state index in [9.17, 15) is 13.6 Å². The predicted octanol–water partition coefficient (Wildman–Crippen LogP) is 2.68. The van der Waals surface area contributed by atoms with Crippen LogP contribution in [-0.2, 0) is 19.5 Å². The van der Waals surface area contributed by atoms with Gasteiger partial charge < -0.3 is 19.5 Å². The molecule has 4 heterocycles. The minimum absolute atomic E-state index is 0.112. The second-order valence-electron chi connectivity index (χ2n) is 13.0. The van der Waals surface area contributed by atoms with Gasteiger partial charge in [-0.1, -0.05) is 12.1 Å². The number of benzene rings is 1. The van der Waals surface area contributed by atoms with Crippen molar-refractivity contribution in [2.24, 2.45) is 11.8 Å². The number of likely N-dealkylation sites (tertiary alicyclic amines) is 1. The summed E-state index contributed by atoms with van der Waals surface area (Å²) in [6.45, 7) is 10.9. The van der Waals surface area contributed by atoms with Gasteiger partial charge >= 0.3 is 7.12 Å². The molecule has 0 radical (unpaired) electrons. The highest BCUT2D eigenvalue weighted by atomic mass is 19.3. The van der Waals surface area contributed by atoms with Crippen LogP contribution in [0.1, 0.15) is 58.9 Å². The van der Waals surface area contributed by atoms with E-state index < -0.39 is 41.5 Å². The summed E-state index contributed by atoms with van der Waals surface area (Å²) in [5, 5.41) is 3.41. The number of amides is 1. The number of hydrogen-bond acceptors (Lipinski definition) is 5. The Morgan fingerprint density at radius 1 is 0.972 bits per heavy atom. The van der Waals surface area contributed by atoms with Crippen LogP contribution < -0.4 is 15.7 Å². The van der Waals surface area contributed by atoms with Crippen LogP contribution in [0, 0.1) is 11.8 Å². The van der Waals surface area contributed by atoms with Gasteiger partial charge in [0, 0.05) is 42.7 Å². The highest BCUT2D eigenvalue weighted by Crippen LogP contribution is 2.60. The second-order valence-corrected chi connectivity index (χ2v) is 13.0. The number of carbonyl (C=O) groups is 1. The van der Waals surface area contributed by atoms with Crippen LogP contribution in [-0.4, -0.2) is 73.3 Å². The van der Waals surface area contributed by atoms with Gasteiger partial charge in [-0.05, 0) is 83.6 Å². The quantitative estimate of drug-likeness (QED) is 0.649. The number of hydrogen-bond donors (Lipinski definition) is 1. The molecule has 194 valence electrons. The first-order valence-corrected chi connectivity index (χ1v) is 13.6. The molecule has 5 fully saturated rings. The summed E-state index contributed by atoms with van der Waals surface area (Å²) in [6.07, 6.45) is 3.30. The molecular formula is C27H36BF2N3O3. The summed E-state index contributed by atoms with van der Waals surface area (Å²) in [6, 6.07) is 6.73. The Labute approximate surface area is 212 Å². The molecule has 1 spiro atoms. The average Bonchev–Trinajstić information content (AvgIpc) is 3.13. The first-order valence-electron chi connectivity index (χ1n) is 13.6. The van der Waals surface area contributed by atoms with Crippen molar-refractivity contribution in [3.63, 3.8) is 0 Å². The van der Waals surface area contributed by atoms with E-state index in [0.29, 0.717) is 19.1 Å². The number of fused-ring (bicyclic) bond motifs is 3. The van der Waals surface area contributed by atoms with Crippen LogP contribution >= 0.6 is 0 Å². The van der Waals surface area contributed by atoms with Gasteiger partial charge in [0.25, 0.3) is 5.92 Å². The molecule has 4 aliphatic heterocycles. The average molecular weight is 499 g/mol. The number of anilines is 1. The molecule has 1 aromatic rings. The summed E-state index contributed by atoms with van der Waals surface area (Å²) >= 11 is 0. The number of piperidine rings is 2. The summed E-state index contributed by atoms with van der Waals surface area (Å²) in [4.78, 5) is 18.4. The first-order chi connectivity index (χ1) is 16.9. The summed E-state index contributed by atoms with van der Waals surface area (Å²) in [7, 11) is -0.478. The molecule has 7 rings (SSSR count). The number of halogens is 2. The van der Waals surface area contributed by atoms with Crippen molar-refractivity contribution in [2.45, 2.75) is 88.0 Å². The number of rotatable bonds is 3. The lowest BCUT2D eigenvalue weighted by molar-refractivity contribution is -0.125. The van der Waals surface area contributed by atoms with Crippen molar-refractivity contribution in [3.05, 3.63) is 23.8 Å². The lowest BCUT2D eigenvalue weighted by Gasteiger charge is -2.46. The number of alkyl halides is 2. The zero-order chi connectivity index (χ0) is 25.3. The topological polar surface area (TPSA) is 54.0 Å². The van der Waals surface area contributed by atoms with Gasteiger partial charge in [-0.15, -0.1) is 0 Å². The van der Waals surface area contributed by atoms with Crippen molar-refractivity contribution in [3.8, 4) is 0 Å². The Balaban J connectivity index is 1.16. The summed E-state index contributed by atoms with van der Waals surface area (Å²) < 4.78 is 40.0. The van der Waals surface area contributed by atoms with Crippen molar-refractivity contribution in [2.75, 3.05) is 31.1 Å². The SMILES string of the molecule is CC1(C)OB(c2ccc3c(c2)N(C2CC(N4CC5C(C4)C5(F)F)C2)C(=O)C32CCNCC2)OC1(C)C. The van der Waals surface area contributed by atoms with Gasteiger partial charge in [0.05, 0.1) is 16.6 Å². The van der Waals surface area contributed by atoms with E-state index in [0.717, 1.165) is 55.5 Å². The largest absolute Gasteiger partial charge is 0.494 e. The molecule has 0 bridgehead atoms. The Hall–Kier alpha value is -1.55. The van der Waals surface area contributed by atoms with Crippen molar-refractivity contribution in [1.29, 1.82) is 0 Å². The maximum atomic E-state index is 14.1. The Bertz CT molecular complexity index is 1090. The van der Waals surface area contributed by atoms with Crippen LogP contribution in [0.3, 0.4) is 0 Å². The fourth-order valence-electron chi connectivity index (χ4n) is 7.34. The molecule has 1 aromatic carbocycles. The number of nitrogens with one attached hydrogen (secondary N) is 1. The van der Waals surface area contributed by atoms with Crippen LogP contribution in [0.25, 0.3) is 0 Å². The third kappa shape index (κ3) is 3.06. The van der Waals surface area contributed by atoms with E-state index >= 15 is 0 Å². The Kier molecular flexibility index (Phi) is 4.78. The monoisotopic (exact) mass is 499 g/mol. The van der Waals surface area contributed by atoms with Gasteiger partial charge in [0.15, 0.2) is 0 Å². The molecule has 6 aliphatic rings. The van der Waals surface area contributed by atoms with E-state index in [1.165, 1.54) is 0 Å². The molecule has 2 atom stereocenters. The lowest BCUT2D eigenvalue weighted by atomic mass is 9.72. The molecule has 2 aliphatic carbocycles. The highest BCUT2D eigenvalue weighted by Gasteiger charge is 2.72. The van der Waals surface area contributed by atoms with Crippen molar-refractivity contribution < 1.29 is 22.9 Å². The van der Waals surface area contributed by atoms with Gasteiger partial charge in [-0.3, -0.25) is 9.69 Å². The van der Waals surface area contributed by atoms with Crippen LogP contribution in [0.15, 0.2) is 18.2 Å². The van der Waals surface area contributed by atoms with Crippen LogP contribution in [0.5, 0.6) is 0 Å². The Morgan fingerprint density at radius 3 is 2.19 bits per heavy atom. The summed E-state index contributed by atoms with van der Waals surface area (Å²) in [5.41, 5.74) is 1.72. The standard InChI is InChI=1S/C27H36BF2N3O3/c1-24(2)25(3,4)36-28(35-24)16-5-6-19-22(11-16)33(23(34)26(19)7-9-31-10-8-26)18-12-17(13-18)32-14-20-21(15-32)27(20,29)30/h5-6,11,17-18,20-21,31H,7-10,12-15H2,1-4H3. The smallest absolute Gasteiger partial charge is 0.399 e. The molecule has 3 saturated heterocycles. The molecular weight excluding hydrogens is 463 g/mol. The van der Waals surface area contributed by atoms with E-state index in [1.54, 1.807) is 0 Å². The van der Waals surface area contributed by atoms with Crippen LogP contribution in [0.2, 0.25) is 0 Å². The number of nitrogens with zero attached hydrogens (tertiary/aromatic N) is 2. The van der Waals surface area contributed by atoms with E-state index in [-0.39, 0.29) is 11.9 Å². The number of carbonyl (C=O) groups excluding carboxylic acids is 1. The molecule has 6 nitrogen and oxygen atoms in total. The minimum Gasteiger partial charge on any atom is -0.399 e. The van der Waals surface area contributed by atoms with E-state index in [4.69, 9.17) is 9.31 Å². The predicted molar refractivity (Wildman–Crippen MR) is 134 cm³/mol. The third-order valence-corrected chi connectivity index (χ3v) is 10.6. The maximum absolute atomic E-state index is 14.1.